The standard InChI is InChI=1S/C22H13ClF5NO3/c1-11-8-13(24)3-7-18(11)32-19-6-2-12(22(26,27)28)9-16(19)21(31)29-14-4-5-17(25)15(10-14)20(23)30/h2-10H,1H3,(H,29,31). The highest BCUT2D eigenvalue weighted by molar-refractivity contribution is 6.67. The second kappa shape index (κ2) is 8.96. The van der Waals surface area contributed by atoms with Gasteiger partial charge in [-0.25, -0.2) is 8.78 Å². The average Bonchev–Trinajstić information content (AvgIpc) is 2.70. The molecule has 0 aromatic heterocycles. The summed E-state index contributed by atoms with van der Waals surface area (Å²) in [6, 6.07) is 8.71. The van der Waals surface area contributed by atoms with Crippen LogP contribution in [0.3, 0.4) is 0 Å². The van der Waals surface area contributed by atoms with E-state index in [0.717, 1.165) is 42.5 Å². The van der Waals surface area contributed by atoms with Crippen LogP contribution in [0.5, 0.6) is 11.5 Å². The van der Waals surface area contributed by atoms with Gasteiger partial charge in [0.25, 0.3) is 11.1 Å². The van der Waals surface area contributed by atoms with E-state index in [-0.39, 0.29) is 17.2 Å². The third-order valence-corrected chi connectivity index (χ3v) is 4.55. The molecular weight excluding hydrogens is 457 g/mol. The lowest BCUT2D eigenvalue weighted by atomic mass is 10.1. The summed E-state index contributed by atoms with van der Waals surface area (Å²) in [5.41, 5.74) is -1.86. The van der Waals surface area contributed by atoms with Crippen LogP contribution in [-0.2, 0) is 6.18 Å². The van der Waals surface area contributed by atoms with Gasteiger partial charge in [0.05, 0.1) is 16.7 Å². The summed E-state index contributed by atoms with van der Waals surface area (Å²) in [4.78, 5) is 24.1. The van der Waals surface area contributed by atoms with Gasteiger partial charge in [0.2, 0.25) is 0 Å². The summed E-state index contributed by atoms with van der Waals surface area (Å²) in [7, 11) is 0. The number of alkyl halides is 3. The molecule has 0 radical (unpaired) electrons. The maximum absolute atomic E-state index is 13.6. The number of carbonyl (C=O) groups excluding carboxylic acids is 2. The molecule has 0 saturated carbocycles. The number of amides is 1. The predicted molar refractivity (Wildman–Crippen MR) is 107 cm³/mol. The molecule has 0 heterocycles. The zero-order valence-corrected chi connectivity index (χ0v) is 16.9. The van der Waals surface area contributed by atoms with E-state index >= 15 is 0 Å². The molecule has 1 N–H and O–H groups in total. The van der Waals surface area contributed by atoms with Crippen molar-refractivity contribution in [2.75, 3.05) is 5.32 Å². The van der Waals surface area contributed by atoms with E-state index in [9.17, 15) is 31.5 Å². The fraction of sp³-hybridized carbons (Fsp3) is 0.0909. The van der Waals surface area contributed by atoms with Crippen LogP contribution in [0.25, 0.3) is 0 Å². The van der Waals surface area contributed by atoms with Crippen LogP contribution in [0.4, 0.5) is 27.6 Å². The number of hydrogen-bond donors (Lipinski definition) is 1. The highest BCUT2D eigenvalue weighted by Gasteiger charge is 2.32. The van der Waals surface area contributed by atoms with E-state index in [2.05, 4.69) is 5.32 Å². The van der Waals surface area contributed by atoms with E-state index in [1.807, 2.05) is 0 Å². The summed E-state index contributed by atoms with van der Waals surface area (Å²) in [5, 5.41) is 1.17. The first-order chi connectivity index (χ1) is 15.0. The number of hydrogen-bond acceptors (Lipinski definition) is 3. The molecule has 3 aromatic rings. The maximum atomic E-state index is 13.6. The summed E-state index contributed by atoms with van der Waals surface area (Å²) in [5.74, 6) is -2.61. The Kier molecular flexibility index (Phi) is 6.50. The largest absolute Gasteiger partial charge is 0.456 e. The van der Waals surface area contributed by atoms with E-state index in [1.165, 1.54) is 13.0 Å². The van der Waals surface area contributed by atoms with Gasteiger partial charge in [0.15, 0.2) is 0 Å². The zero-order valence-electron chi connectivity index (χ0n) is 16.2. The van der Waals surface area contributed by atoms with Crippen molar-refractivity contribution in [1.82, 2.24) is 0 Å². The molecule has 10 heteroatoms. The molecule has 0 saturated heterocycles. The summed E-state index contributed by atoms with van der Waals surface area (Å²) in [6.45, 7) is 1.52. The second-order valence-electron chi connectivity index (χ2n) is 6.64. The lowest BCUT2D eigenvalue weighted by Crippen LogP contribution is -2.15. The second-order valence-corrected chi connectivity index (χ2v) is 6.99. The average molecular weight is 470 g/mol. The third-order valence-electron chi connectivity index (χ3n) is 4.34. The first-order valence-electron chi connectivity index (χ1n) is 8.91. The highest BCUT2D eigenvalue weighted by atomic mass is 35.5. The summed E-state index contributed by atoms with van der Waals surface area (Å²) >= 11 is 5.28. The number of benzene rings is 3. The zero-order chi connectivity index (χ0) is 23.6. The molecule has 0 unspecified atom stereocenters. The van der Waals surface area contributed by atoms with Gasteiger partial charge in [-0.2, -0.15) is 13.2 Å². The molecule has 3 rings (SSSR count). The quantitative estimate of drug-likeness (QED) is 0.333. The topological polar surface area (TPSA) is 55.4 Å². The molecule has 0 fully saturated rings. The smallest absolute Gasteiger partial charge is 0.416 e. The number of ether oxygens (including phenoxy) is 1. The summed E-state index contributed by atoms with van der Waals surface area (Å²) in [6.07, 6.45) is -4.74. The Morgan fingerprint density at radius 3 is 2.22 bits per heavy atom. The Labute approximate surface area is 183 Å². The Balaban J connectivity index is 2.01. The molecule has 1 amide bonds. The van der Waals surface area contributed by atoms with Crippen molar-refractivity contribution in [2.45, 2.75) is 13.1 Å². The first kappa shape index (κ1) is 23.2. The third kappa shape index (κ3) is 5.23. The fourth-order valence-electron chi connectivity index (χ4n) is 2.77. The summed E-state index contributed by atoms with van der Waals surface area (Å²) < 4.78 is 72.2. The van der Waals surface area contributed by atoms with E-state index in [4.69, 9.17) is 16.3 Å². The molecule has 166 valence electrons. The van der Waals surface area contributed by atoms with Crippen molar-refractivity contribution in [3.05, 3.63) is 88.5 Å². The molecule has 32 heavy (non-hydrogen) atoms. The number of anilines is 1. The van der Waals surface area contributed by atoms with E-state index < -0.39 is 45.7 Å². The number of carbonyl (C=O) groups is 2. The van der Waals surface area contributed by atoms with E-state index in [0.29, 0.717) is 11.6 Å². The molecule has 0 spiro atoms. The molecule has 3 aromatic carbocycles. The van der Waals surface area contributed by atoms with Gasteiger partial charge in [-0.3, -0.25) is 9.59 Å². The normalized spacial score (nSPS) is 11.2. The lowest BCUT2D eigenvalue weighted by Gasteiger charge is -2.16. The van der Waals surface area contributed by atoms with Crippen molar-refractivity contribution < 1.29 is 36.3 Å². The Hall–Kier alpha value is -3.46. The Morgan fingerprint density at radius 2 is 1.59 bits per heavy atom. The van der Waals surface area contributed by atoms with Gasteiger partial charge in [-0.15, -0.1) is 0 Å². The van der Waals surface area contributed by atoms with Gasteiger partial charge in [-0.1, -0.05) is 0 Å². The molecule has 0 aliphatic heterocycles. The monoisotopic (exact) mass is 469 g/mol. The van der Waals surface area contributed by atoms with Crippen molar-refractivity contribution in [3.63, 3.8) is 0 Å². The molecular formula is C22H13ClF5NO3. The van der Waals surface area contributed by atoms with Crippen LogP contribution in [-0.4, -0.2) is 11.1 Å². The van der Waals surface area contributed by atoms with Crippen molar-refractivity contribution in [2.24, 2.45) is 0 Å². The number of halogens is 6. The van der Waals surface area contributed by atoms with Crippen molar-refractivity contribution in [1.29, 1.82) is 0 Å². The Bertz CT molecular complexity index is 1210. The number of rotatable bonds is 5. The van der Waals surface area contributed by atoms with Crippen molar-refractivity contribution in [3.8, 4) is 11.5 Å². The highest BCUT2D eigenvalue weighted by Crippen LogP contribution is 2.35. The number of aryl methyl sites for hydroxylation is 1. The molecule has 0 bridgehead atoms. The van der Waals surface area contributed by atoms with Crippen LogP contribution in [0.2, 0.25) is 0 Å². The predicted octanol–water partition coefficient (Wildman–Crippen LogP) is 6.72. The minimum absolute atomic E-state index is 0.0817. The van der Waals surface area contributed by atoms with Crippen LogP contribution < -0.4 is 10.1 Å². The molecule has 0 aliphatic rings. The van der Waals surface area contributed by atoms with E-state index in [1.54, 1.807) is 0 Å². The van der Waals surface area contributed by atoms with Gasteiger partial charge in [-0.05, 0) is 78.7 Å². The first-order valence-corrected chi connectivity index (χ1v) is 9.29. The minimum atomic E-state index is -4.74. The minimum Gasteiger partial charge on any atom is -0.456 e. The van der Waals surface area contributed by atoms with Crippen LogP contribution in [0, 0.1) is 18.6 Å². The lowest BCUT2D eigenvalue weighted by molar-refractivity contribution is -0.137. The molecule has 0 atom stereocenters. The molecule has 4 nitrogen and oxygen atoms in total. The fourth-order valence-corrected chi connectivity index (χ4v) is 2.92. The SMILES string of the molecule is Cc1cc(F)ccc1Oc1ccc(C(F)(F)F)cc1C(=O)Nc1ccc(F)c(C(=O)Cl)c1. The Morgan fingerprint density at radius 1 is 0.906 bits per heavy atom. The van der Waals surface area contributed by atoms with Gasteiger partial charge < -0.3 is 10.1 Å². The van der Waals surface area contributed by atoms with Crippen LogP contribution in [0.1, 0.15) is 31.8 Å². The maximum Gasteiger partial charge on any atom is 0.416 e. The van der Waals surface area contributed by atoms with Gasteiger partial charge >= 0.3 is 6.18 Å². The van der Waals surface area contributed by atoms with Gasteiger partial charge in [0.1, 0.15) is 23.1 Å². The van der Waals surface area contributed by atoms with Crippen molar-refractivity contribution >= 4 is 28.4 Å². The van der Waals surface area contributed by atoms with Crippen LogP contribution in [0.15, 0.2) is 54.6 Å². The molecule has 0 aliphatic carbocycles. The van der Waals surface area contributed by atoms with Gasteiger partial charge in [0, 0.05) is 5.69 Å². The van der Waals surface area contributed by atoms with Crippen LogP contribution >= 0.6 is 11.6 Å². The number of nitrogens with one attached hydrogen (secondary N) is 1.